The van der Waals surface area contributed by atoms with Gasteiger partial charge in [0.2, 0.25) is 5.91 Å². The lowest BCUT2D eigenvalue weighted by Crippen LogP contribution is -2.45. The molecular formula is C15H22N2O2. The quantitative estimate of drug-likeness (QED) is 0.869. The van der Waals surface area contributed by atoms with Crippen LogP contribution in [0, 0.1) is 0 Å². The zero-order valence-electron chi connectivity index (χ0n) is 11.4. The van der Waals surface area contributed by atoms with Crippen molar-refractivity contribution < 1.29 is 9.90 Å². The van der Waals surface area contributed by atoms with Gasteiger partial charge in [0.1, 0.15) is 5.75 Å². The number of hydrogen-bond acceptors (Lipinski definition) is 3. The lowest BCUT2D eigenvalue weighted by molar-refractivity contribution is -0.133. The van der Waals surface area contributed by atoms with Crippen LogP contribution in [-0.2, 0) is 17.8 Å². The van der Waals surface area contributed by atoms with E-state index >= 15 is 0 Å². The highest BCUT2D eigenvalue weighted by Crippen LogP contribution is 2.23. The first-order valence-electron chi connectivity index (χ1n) is 6.97. The molecule has 0 unspecified atom stereocenters. The Bertz CT molecular complexity index is 459. The van der Waals surface area contributed by atoms with Crippen LogP contribution < -0.4 is 5.73 Å². The van der Waals surface area contributed by atoms with E-state index < -0.39 is 0 Å². The van der Waals surface area contributed by atoms with Gasteiger partial charge in [0.15, 0.2) is 0 Å². The highest BCUT2D eigenvalue weighted by Gasteiger charge is 2.24. The molecule has 4 heteroatoms. The van der Waals surface area contributed by atoms with Gasteiger partial charge < -0.3 is 15.7 Å². The number of amides is 1. The number of hydrogen-bond donors (Lipinski definition) is 2. The van der Waals surface area contributed by atoms with Crippen LogP contribution in [-0.4, -0.2) is 28.5 Å². The van der Waals surface area contributed by atoms with Gasteiger partial charge in [-0.25, -0.2) is 0 Å². The van der Waals surface area contributed by atoms with Crippen LogP contribution in [0.2, 0.25) is 0 Å². The number of nitrogens with zero attached hydrogens (tertiary/aromatic N) is 1. The van der Waals surface area contributed by atoms with E-state index in [4.69, 9.17) is 5.73 Å². The number of unbranched alkanes of at least 4 members (excludes halogenated alkanes) is 1. The van der Waals surface area contributed by atoms with Crippen molar-refractivity contribution in [2.75, 3.05) is 6.54 Å². The summed E-state index contributed by atoms with van der Waals surface area (Å²) in [6.45, 7) is 3.37. The summed E-state index contributed by atoms with van der Waals surface area (Å²) in [6, 6.07) is 4.98. The van der Waals surface area contributed by atoms with E-state index in [1.807, 2.05) is 11.0 Å². The Morgan fingerprint density at radius 1 is 1.47 bits per heavy atom. The minimum atomic E-state index is -0.390. The molecule has 0 spiro atoms. The molecule has 0 aromatic heterocycles. The second-order valence-corrected chi connectivity index (χ2v) is 5.21. The van der Waals surface area contributed by atoms with E-state index in [-0.39, 0.29) is 17.7 Å². The van der Waals surface area contributed by atoms with Crippen LogP contribution in [0.15, 0.2) is 18.2 Å². The summed E-state index contributed by atoms with van der Waals surface area (Å²) >= 11 is 0. The number of aromatic hydroxyl groups is 1. The predicted molar refractivity (Wildman–Crippen MR) is 74.7 cm³/mol. The number of carbonyl (C=O) groups excluding carboxylic acids is 1. The Labute approximate surface area is 114 Å². The van der Waals surface area contributed by atoms with Gasteiger partial charge in [0, 0.05) is 13.1 Å². The predicted octanol–water partition coefficient (Wildman–Crippen LogP) is 1.79. The molecule has 0 saturated carbocycles. The van der Waals surface area contributed by atoms with Crippen LogP contribution in [0.4, 0.5) is 0 Å². The molecule has 1 heterocycles. The number of phenols is 1. The molecule has 1 aromatic rings. The zero-order chi connectivity index (χ0) is 13.8. The van der Waals surface area contributed by atoms with E-state index in [0.717, 1.165) is 37.8 Å². The molecule has 3 N–H and O–H groups in total. The second kappa shape index (κ2) is 6.06. The van der Waals surface area contributed by atoms with Gasteiger partial charge >= 0.3 is 0 Å². The fraction of sp³-hybridized carbons (Fsp3) is 0.533. The molecule has 0 radical (unpaired) electrons. The monoisotopic (exact) mass is 262 g/mol. The third kappa shape index (κ3) is 3.26. The van der Waals surface area contributed by atoms with Crippen molar-refractivity contribution in [1.29, 1.82) is 0 Å². The molecule has 1 aliphatic heterocycles. The van der Waals surface area contributed by atoms with Gasteiger partial charge in [-0.3, -0.25) is 4.79 Å². The molecule has 4 nitrogen and oxygen atoms in total. The molecule has 0 aliphatic carbocycles. The van der Waals surface area contributed by atoms with E-state index in [1.54, 1.807) is 12.1 Å². The van der Waals surface area contributed by atoms with Crippen LogP contribution in [0.1, 0.15) is 37.3 Å². The molecule has 0 fully saturated rings. The Hall–Kier alpha value is -1.55. The molecular weight excluding hydrogens is 240 g/mol. The standard InChI is InChI=1S/C15H22N2O2/c1-2-3-4-14(16)15(19)17-8-7-11-5-6-13(18)9-12(11)10-17/h5-6,9,14,18H,2-4,7-8,10,16H2,1H3/t14-/m0/s1. The summed E-state index contributed by atoms with van der Waals surface area (Å²) in [6.07, 6.45) is 3.62. The molecule has 1 atom stereocenters. The molecule has 1 amide bonds. The number of carbonyl (C=O) groups is 1. The van der Waals surface area contributed by atoms with Crippen molar-refractivity contribution in [3.63, 3.8) is 0 Å². The summed E-state index contributed by atoms with van der Waals surface area (Å²) < 4.78 is 0. The lowest BCUT2D eigenvalue weighted by atomic mass is 9.98. The van der Waals surface area contributed by atoms with Crippen molar-refractivity contribution >= 4 is 5.91 Å². The van der Waals surface area contributed by atoms with Gasteiger partial charge in [-0.15, -0.1) is 0 Å². The highest BCUT2D eigenvalue weighted by molar-refractivity contribution is 5.81. The Kier molecular flexibility index (Phi) is 4.43. The maximum absolute atomic E-state index is 12.2. The van der Waals surface area contributed by atoms with Crippen LogP contribution in [0.3, 0.4) is 0 Å². The fourth-order valence-corrected chi connectivity index (χ4v) is 2.51. The SMILES string of the molecule is CCCC[C@H](N)C(=O)N1CCc2ccc(O)cc2C1. The second-order valence-electron chi connectivity index (χ2n) is 5.21. The topological polar surface area (TPSA) is 66.6 Å². The first-order valence-corrected chi connectivity index (χ1v) is 6.97. The maximum atomic E-state index is 12.2. The molecule has 0 saturated heterocycles. The van der Waals surface area contributed by atoms with Crippen molar-refractivity contribution in [3.8, 4) is 5.75 Å². The van der Waals surface area contributed by atoms with E-state index in [9.17, 15) is 9.90 Å². The van der Waals surface area contributed by atoms with Crippen molar-refractivity contribution in [2.45, 2.75) is 45.2 Å². The molecule has 1 aliphatic rings. The largest absolute Gasteiger partial charge is 0.508 e. The van der Waals surface area contributed by atoms with E-state index in [0.29, 0.717) is 6.54 Å². The third-order valence-corrected chi connectivity index (χ3v) is 3.70. The Morgan fingerprint density at radius 2 is 2.26 bits per heavy atom. The van der Waals surface area contributed by atoms with Crippen molar-refractivity contribution in [1.82, 2.24) is 4.90 Å². The summed E-state index contributed by atoms with van der Waals surface area (Å²) in [4.78, 5) is 14.0. The third-order valence-electron chi connectivity index (χ3n) is 3.70. The average molecular weight is 262 g/mol. The van der Waals surface area contributed by atoms with E-state index in [1.165, 1.54) is 5.56 Å². The number of fused-ring (bicyclic) bond motifs is 1. The first-order chi connectivity index (χ1) is 9.11. The van der Waals surface area contributed by atoms with Crippen molar-refractivity contribution in [3.05, 3.63) is 29.3 Å². The normalized spacial score (nSPS) is 16.0. The van der Waals surface area contributed by atoms with Crippen molar-refractivity contribution in [2.24, 2.45) is 5.73 Å². The lowest BCUT2D eigenvalue weighted by Gasteiger charge is -2.31. The van der Waals surface area contributed by atoms with Crippen LogP contribution in [0.25, 0.3) is 0 Å². The van der Waals surface area contributed by atoms with Gasteiger partial charge in [-0.1, -0.05) is 25.8 Å². The summed E-state index contributed by atoms with van der Waals surface area (Å²) in [7, 11) is 0. The van der Waals surface area contributed by atoms with E-state index in [2.05, 4.69) is 6.92 Å². The summed E-state index contributed by atoms with van der Waals surface area (Å²) in [5, 5.41) is 9.51. The number of benzene rings is 1. The van der Waals surface area contributed by atoms with Gasteiger partial charge in [0.05, 0.1) is 6.04 Å². The smallest absolute Gasteiger partial charge is 0.239 e. The zero-order valence-corrected chi connectivity index (χ0v) is 11.4. The minimum absolute atomic E-state index is 0.0300. The minimum Gasteiger partial charge on any atom is -0.508 e. The van der Waals surface area contributed by atoms with Gasteiger partial charge in [-0.05, 0) is 36.1 Å². The Balaban J connectivity index is 2.02. The summed E-state index contributed by atoms with van der Waals surface area (Å²) in [5.41, 5.74) is 8.19. The number of nitrogens with two attached hydrogens (primary N) is 1. The van der Waals surface area contributed by atoms with Crippen LogP contribution in [0.5, 0.6) is 5.75 Å². The molecule has 2 rings (SSSR count). The highest BCUT2D eigenvalue weighted by atomic mass is 16.3. The molecule has 1 aromatic carbocycles. The van der Waals surface area contributed by atoms with Gasteiger partial charge in [0.25, 0.3) is 0 Å². The van der Waals surface area contributed by atoms with Gasteiger partial charge in [-0.2, -0.15) is 0 Å². The maximum Gasteiger partial charge on any atom is 0.239 e. The first kappa shape index (κ1) is 13.9. The Morgan fingerprint density at radius 3 is 3.00 bits per heavy atom. The molecule has 0 bridgehead atoms. The molecule has 104 valence electrons. The average Bonchev–Trinajstić information content (AvgIpc) is 2.43. The summed E-state index contributed by atoms with van der Waals surface area (Å²) in [5.74, 6) is 0.283. The number of phenolic OH excluding ortho intramolecular Hbond substituents is 1. The number of rotatable bonds is 4. The fourth-order valence-electron chi connectivity index (χ4n) is 2.51. The van der Waals surface area contributed by atoms with Crippen LogP contribution >= 0.6 is 0 Å². The molecule has 19 heavy (non-hydrogen) atoms.